The Morgan fingerprint density at radius 1 is 1.25 bits per heavy atom. The predicted octanol–water partition coefficient (Wildman–Crippen LogP) is 4.80. The van der Waals surface area contributed by atoms with Gasteiger partial charge in [-0.3, -0.25) is 0 Å². The molecular formula is C18H25NO. The second-order valence-electron chi connectivity index (χ2n) is 6.15. The molecule has 20 heavy (non-hydrogen) atoms. The highest BCUT2D eigenvalue weighted by molar-refractivity contribution is 5.82. The molecular weight excluding hydrogens is 246 g/mol. The zero-order valence-electron chi connectivity index (χ0n) is 12.6. The van der Waals surface area contributed by atoms with Crippen molar-refractivity contribution in [2.75, 3.05) is 0 Å². The van der Waals surface area contributed by atoms with Gasteiger partial charge in [-0.2, -0.15) is 0 Å². The van der Waals surface area contributed by atoms with Gasteiger partial charge in [0, 0.05) is 23.5 Å². The minimum atomic E-state index is 0.682. The quantitative estimate of drug-likeness (QED) is 0.864. The van der Waals surface area contributed by atoms with Gasteiger partial charge in [0.05, 0.1) is 0 Å². The van der Waals surface area contributed by atoms with E-state index in [1.807, 2.05) is 6.07 Å². The lowest BCUT2D eigenvalue weighted by molar-refractivity contribution is 0.278. The molecule has 1 aliphatic carbocycles. The normalized spacial score (nSPS) is 23.3. The van der Waals surface area contributed by atoms with Crippen molar-refractivity contribution in [3.63, 3.8) is 0 Å². The number of furan rings is 1. The van der Waals surface area contributed by atoms with Crippen molar-refractivity contribution >= 4 is 11.0 Å². The first-order valence-electron chi connectivity index (χ1n) is 7.98. The number of aryl methyl sites for hydroxylation is 1. The Labute approximate surface area is 121 Å². The van der Waals surface area contributed by atoms with Crippen LogP contribution >= 0.6 is 0 Å². The lowest BCUT2D eigenvalue weighted by atomic mass is 9.84. The van der Waals surface area contributed by atoms with Crippen molar-refractivity contribution in [2.24, 2.45) is 5.92 Å². The van der Waals surface area contributed by atoms with E-state index in [0.717, 1.165) is 23.8 Å². The van der Waals surface area contributed by atoms with Crippen molar-refractivity contribution in [3.8, 4) is 0 Å². The van der Waals surface area contributed by atoms with Crippen LogP contribution in [-0.4, -0.2) is 6.04 Å². The standard InChI is InChI=1S/C18H25NO/c1-3-14-7-6-8-15(11-14)19-12-17-13(2)20-18-10-5-4-9-16(17)18/h4-5,9-10,14-15,19H,3,6-8,11-12H2,1-2H3. The molecule has 108 valence electrons. The van der Waals surface area contributed by atoms with E-state index in [0.29, 0.717) is 6.04 Å². The van der Waals surface area contributed by atoms with E-state index in [4.69, 9.17) is 4.42 Å². The number of fused-ring (bicyclic) bond motifs is 1. The van der Waals surface area contributed by atoms with E-state index >= 15 is 0 Å². The third-order valence-corrected chi connectivity index (χ3v) is 4.83. The van der Waals surface area contributed by atoms with Gasteiger partial charge in [0.15, 0.2) is 0 Å². The minimum absolute atomic E-state index is 0.682. The summed E-state index contributed by atoms with van der Waals surface area (Å²) in [5.74, 6) is 1.98. The molecule has 2 heteroatoms. The second kappa shape index (κ2) is 6.01. The van der Waals surface area contributed by atoms with Gasteiger partial charge in [-0.1, -0.05) is 44.4 Å². The molecule has 1 aliphatic rings. The van der Waals surface area contributed by atoms with Crippen LogP contribution in [0.15, 0.2) is 28.7 Å². The fraction of sp³-hybridized carbons (Fsp3) is 0.556. The van der Waals surface area contributed by atoms with E-state index in [2.05, 4.69) is 37.4 Å². The fourth-order valence-electron chi connectivity index (χ4n) is 3.53. The van der Waals surface area contributed by atoms with E-state index < -0.39 is 0 Å². The molecule has 0 radical (unpaired) electrons. The molecule has 0 spiro atoms. The van der Waals surface area contributed by atoms with Crippen molar-refractivity contribution in [1.29, 1.82) is 0 Å². The Bertz CT molecular complexity index is 572. The lowest BCUT2D eigenvalue weighted by Crippen LogP contribution is -2.33. The number of benzene rings is 1. The molecule has 0 aliphatic heterocycles. The van der Waals surface area contributed by atoms with Crippen molar-refractivity contribution in [3.05, 3.63) is 35.6 Å². The molecule has 2 nitrogen and oxygen atoms in total. The maximum absolute atomic E-state index is 5.84. The third-order valence-electron chi connectivity index (χ3n) is 4.83. The predicted molar refractivity (Wildman–Crippen MR) is 83.8 cm³/mol. The summed E-state index contributed by atoms with van der Waals surface area (Å²) >= 11 is 0. The smallest absolute Gasteiger partial charge is 0.134 e. The summed E-state index contributed by atoms with van der Waals surface area (Å²) in [5.41, 5.74) is 2.34. The molecule has 0 amide bonds. The van der Waals surface area contributed by atoms with E-state index in [1.165, 1.54) is 43.1 Å². The monoisotopic (exact) mass is 271 g/mol. The van der Waals surface area contributed by atoms with Gasteiger partial charge in [-0.25, -0.2) is 0 Å². The van der Waals surface area contributed by atoms with Crippen LogP contribution in [0.1, 0.15) is 50.4 Å². The first-order valence-corrected chi connectivity index (χ1v) is 7.98. The van der Waals surface area contributed by atoms with Crippen LogP contribution in [0, 0.1) is 12.8 Å². The van der Waals surface area contributed by atoms with Crippen LogP contribution in [0.3, 0.4) is 0 Å². The fourth-order valence-corrected chi connectivity index (χ4v) is 3.53. The zero-order chi connectivity index (χ0) is 13.9. The topological polar surface area (TPSA) is 25.2 Å². The molecule has 2 unspecified atom stereocenters. The Kier molecular flexibility index (Phi) is 4.11. The SMILES string of the molecule is CCC1CCCC(NCc2c(C)oc3ccccc23)C1. The average molecular weight is 271 g/mol. The molecule has 1 fully saturated rings. The summed E-state index contributed by atoms with van der Waals surface area (Å²) in [4.78, 5) is 0. The summed E-state index contributed by atoms with van der Waals surface area (Å²) in [6, 6.07) is 9.03. The first-order chi connectivity index (χ1) is 9.78. The third kappa shape index (κ3) is 2.76. The zero-order valence-corrected chi connectivity index (χ0v) is 12.6. The van der Waals surface area contributed by atoms with Gasteiger partial charge >= 0.3 is 0 Å². The minimum Gasteiger partial charge on any atom is -0.461 e. The van der Waals surface area contributed by atoms with Gasteiger partial charge in [0.2, 0.25) is 0 Å². The van der Waals surface area contributed by atoms with E-state index in [1.54, 1.807) is 0 Å². The number of rotatable bonds is 4. The highest BCUT2D eigenvalue weighted by Crippen LogP contribution is 2.28. The molecule has 1 saturated carbocycles. The Morgan fingerprint density at radius 3 is 2.95 bits per heavy atom. The van der Waals surface area contributed by atoms with E-state index in [9.17, 15) is 0 Å². The van der Waals surface area contributed by atoms with Crippen molar-refractivity contribution in [2.45, 2.75) is 58.5 Å². The van der Waals surface area contributed by atoms with Gasteiger partial charge in [0.1, 0.15) is 11.3 Å². The van der Waals surface area contributed by atoms with Gasteiger partial charge in [0.25, 0.3) is 0 Å². The van der Waals surface area contributed by atoms with Crippen LogP contribution in [0.25, 0.3) is 11.0 Å². The van der Waals surface area contributed by atoms with Crippen LogP contribution in [0.4, 0.5) is 0 Å². The molecule has 1 N–H and O–H groups in total. The van der Waals surface area contributed by atoms with Gasteiger partial charge in [-0.05, 0) is 31.7 Å². The van der Waals surface area contributed by atoms with Crippen molar-refractivity contribution in [1.82, 2.24) is 5.32 Å². The lowest BCUT2D eigenvalue weighted by Gasteiger charge is -2.29. The number of hydrogen-bond donors (Lipinski definition) is 1. The Morgan fingerprint density at radius 2 is 2.10 bits per heavy atom. The second-order valence-corrected chi connectivity index (χ2v) is 6.15. The molecule has 1 aromatic heterocycles. The average Bonchev–Trinajstić information content (AvgIpc) is 2.81. The molecule has 1 aromatic carbocycles. The number of para-hydroxylation sites is 1. The molecule has 1 heterocycles. The van der Waals surface area contributed by atoms with Crippen LogP contribution < -0.4 is 5.32 Å². The number of hydrogen-bond acceptors (Lipinski definition) is 2. The Hall–Kier alpha value is -1.28. The summed E-state index contributed by atoms with van der Waals surface area (Å²) in [6.07, 6.45) is 6.78. The van der Waals surface area contributed by atoms with Gasteiger partial charge in [-0.15, -0.1) is 0 Å². The molecule has 0 bridgehead atoms. The first kappa shape index (κ1) is 13.7. The van der Waals surface area contributed by atoms with Crippen molar-refractivity contribution < 1.29 is 4.42 Å². The molecule has 0 saturated heterocycles. The largest absolute Gasteiger partial charge is 0.461 e. The van der Waals surface area contributed by atoms with Gasteiger partial charge < -0.3 is 9.73 Å². The highest BCUT2D eigenvalue weighted by Gasteiger charge is 2.21. The summed E-state index contributed by atoms with van der Waals surface area (Å²) in [7, 11) is 0. The molecule has 3 rings (SSSR count). The van der Waals surface area contributed by atoms with Crippen LogP contribution in [0.5, 0.6) is 0 Å². The summed E-state index contributed by atoms with van der Waals surface area (Å²) in [5, 5.41) is 5.03. The van der Waals surface area contributed by atoms with Crippen LogP contribution in [0.2, 0.25) is 0 Å². The summed E-state index contributed by atoms with van der Waals surface area (Å²) in [6.45, 7) is 5.33. The molecule has 2 aromatic rings. The van der Waals surface area contributed by atoms with Crippen LogP contribution in [-0.2, 0) is 6.54 Å². The highest BCUT2D eigenvalue weighted by atomic mass is 16.3. The molecule has 2 atom stereocenters. The Balaban J connectivity index is 1.69. The summed E-state index contributed by atoms with van der Waals surface area (Å²) < 4.78 is 5.84. The maximum Gasteiger partial charge on any atom is 0.134 e. The number of nitrogens with one attached hydrogen (secondary N) is 1. The maximum atomic E-state index is 5.84. The van der Waals surface area contributed by atoms with E-state index in [-0.39, 0.29) is 0 Å².